The number of nitrogens with two attached hydrogens (primary N) is 1. The fourth-order valence-electron chi connectivity index (χ4n) is 0.636. The van der Waals surface area contributed by atoms with Crippen LogP contribution < -0.4 is 11.3 Å². The summed E-state index contributed by atoms with van der Waals surface area (Å²) in [5.74, 6) is 1.48. The lowest BCUT2D eigenvalue weighted by Gasteiger charge is -2.03. The number of halogens is 2. The van der Waals surface area contributed by atoms with Gasteiger partial charge in [-0.2, -0.15) is 0 Å². The maximum absolute atomic E-state index is 9.10. The van der Waals surface area contributed by atoms with Gasteiger partial charge in [-0.15, -0.1) is 0 Å². The highest BCUT2D eigenvalue weighted by atomic mass is 35.5. The lowest BCUT2D eigenvalue weighted by Crippen LogP contribution is -2.09. The first-order chi connectivity index (χ1) is 7.40. The summed E-state index contributed by atoms with van der Waals surface area (Å²) in [7, 11) is 0. The molecule has 0 bridgehead atoms. The van der Waals surface area contributed by atoms with Crippen molar-refractivity contribution in [1.29, 1.82) is 0 Å². The number of nitrogens with one attached hydrogen (secondary N) is 1. The molecule has 0 aromatic heterocycles. The molecule has 1 aromatic carbocycles. The van der Waals surface area contributed by atoms with E-state index < -0.39 is 11.9 Å². The molecule has 0 aliphatic carbocycles. The zero-order valence-electron chi connectivity index (χ0n) is 7.78. The van der Waals surface area contributed by atoms with Crippen LogP contribution >= 0.6 is 23.2 Å². The second-order valence-electron chi connectivity index (χ2n) is 2.35. The Morgan fingerprint density at radius 1 is 1.12 bits per heavy atom. The smallest absolute Gasteiger partial charge is 0.414 e. The van der Waals surface area contributed by atoms with Gasteiger partial charge in [0.15, 0.2) is 0 Å². The third-order valence-electron chi connectivity index (χ3n) is 1.29. The number of carboxylic acid groups (broad SMARTS) is 2. The summed E-state index contributed by atoms with van der Waals surface area (Å²) in [5, 5.41) is 15.8. The summed E-state index contributed by atoms with van der Waals surface area (Å²) in [6, 6.07) is 5.18. The molecule has 1 aromatic rings. The maximum atomic E-state index is 9.10. The lowest BCUT2D eigenvalue weighted by molar-refractivity contribution is -0.159. The quantitative estimate of drug-likeness (QED) is 0.348. The molecule has 8 heteroatoms. The summed E-state index contributed by atoms with van der Waals surface area (Å²) in [4.78, 5) is 18.2. The van der Waals surface area contributed by atoms with E-state index in [0.29, 0.717) is 15.7 Å². The second kappa shape index (κ2) is 6.89. The maximum Gasteiger partial charge on any atom is 0.414 e. The van der Waals surface area contributed by atoms with Gasteiger partial charge in [-0.25, -0.2) is 9.59 Å². The van der Waals surface area contributed by atoms with Gasteiger partial charge in [-0.1, -0.05) is 29.3 Å². The zero-order valence-corrected chi connectivity index (χ0v) is 9.29. The van der Waals surface area contributed by atoms with Crippen molar-refractivity contribution >= 4 is 40.8 Å². The van der Waals surface area contributed by atoms with Gasteiger partial charge in [-0.3, -0.25) is 5.84 Å². The van der Waals surface area contributed by atoms with E-state index in [1.165, 1.54) is 0 Å². The molecule has 6 nitrogen and oxygen atoms in total. The molecule has 0 unspecified atom stereocenters. The van der Waals surface area contributed by atoms with Gasteiger partial charge in [0.2, 0.25) is 0 Å². The molecular weight excluding hydrogens is 259 g/mol. The highest BCUT2D eigenvalue weighted by molar-refractivity contribution is 6.39. The molecule has 0 saturated heterocycles. The van der Waals surface area contributed by atoms with Gasteiger partial charge in [0.1, 0.15) is 0 Å². The van der Waals surface area contributed by atoms with E-state index in [9.17, 15) is 0 Å². The first-order valence-corrected chi connectivity index (χ1v) is 4.52. The predicted molar refractivity (Wildman–Crippen MR) is 59.5 cm³/mol. The van der Waals surface area contributed by atoms with E-state index in [2.05, 4.69) is 5.43 Å². The minimum Gasteiger partial charge on any atom is -0.473 e. The summed E-state index contributed by atoms with van der Waals surface area (Å²) >= 11 is 11.4. The number of hydrogen-bond acceptors (Lipinski definition) is 4. The third-order valence-corrected chi connectivity index (χ3v) is 1.92. The second-order valence-corrected chi connectivity index (χ2v) is 3.17. The van der Waals surface area contributed by atoms with Crippen LogP contribution in [0.5, 0.6) is 0 Å². The molecule has 88 valence electrons. The molecule has 0 aliphatic heterocycles. The fourth-order valence-corrected chi connectivity index (χ4v) is 1.14. The van der Waals surface area contributed by atoms with Crippen LogP contribution in [0.4, 0.5) is 5.69 Å². The number of anilines is 1. The molecule has 1 rings (SSSR count). The number of carbonyl (C=O) groups is 2. The van der Waals surface area contributed by atoms with Gasteiger partial charge in [0, 0.05) is 0 Å². The molecule has 0 heterocycles. The van der Waals surface area contributed by atoms with Crippen LogP contribution in [0.1, 0.15) is 0 Å². The summed E-state index contributed by atoms with van der Waals surface area (Å²) in [6.07, 6.45) is 0. The Kier molecular flexibility index (Phi) is 6.24. The average molecular weight is 267 g/mol. The van der Waals surface area contributed by atoms with Crippen LogP contribution in [-0.2, 0) is 9.59 Å². The molecule has 0 radical (unpaired) electrons. The largest absolute Gasteiger partial charge is 0.473 e. The number of carboxylic acids is 2. The number of hydrazine groups is 1. The Bertz CT molecular complexity index is 365. The Balaban J connectivity index is 0.000000325. The SMILES string of the molecule is NNc1c(Cl)cccc1Cl.O=C(O)C(=O)O. The van der Waals surface area contributed by atoms with Gasteiger partial charge in [0.05, 0.1) is 15.7 Å². The van der Waals surface area contributed by atoms with Crippen LogP contribution in [0.3, 0.4) is 0 Å². The van der Waals surface area contributed by atoms with Crippen LogP contribution in [0.25, 0.3) is 0 Å². The van der Waals surface area contributed by atoms with Crippen molar-refractivity contribution in [2.75, 3.05) is 5.43 Å². The summed E-state index contributed by atoms with van der Waals surface area (Å²) in [6.45, 7) is 0. The van der Waals surface area contributed by atoms with Crippen molar-refractivity contribution < 1.29 is 19.8 Å². The molecule has 0 spiro atoms. The highest BCUT2D eigenvalue weighted by Crippen LogP contribution is 2.28. The van der Waals surface area contributed by atoms with Crippen LogP contribution in [0, 0.1) is 0 Å². The molecule has 0 amide bonds. The lowest BCUT2D eigenvalue weighted by atomic mass is 10.3. The topological polar surface area (TPSA) is 113 Å². The number of aliphatic carboxylic acids is 2. The number of rotatable bonds is 1. The van der Waals surface area contributed by atoms with Crippen LogP contribution in [-0.4, -0.2) is 22.2 Å². The number of benzene rings is 1. The molecule has 5 N–H and O–H groups in total. The molecule has 0 saturated carbocycles. The standard InChI is InChI=1S/C6H6Cl2N2.C2H2O4/c7-4-2-1-3-5(8)6(4)10-9;3-1(4)2(5)6/h1-3,10H,9H2;(H,3,4)(H,5,6). The van der Waals surface area contributed by atoms with Crippen LogP contribution in [0.2, 0.25) is 10.0 Å². The molecule has 0 aliphatic rings. The molecule has 0 fully saturated rings. The normalized spacial score (nSPS) is 8.69. The van der Waals surface area contributed by atoms with Crippen molar-refractivity contribution in [2.24, 2.45) is 5.84 Å². The van der Waals surface area contributed by atoms with Gasteiger partial charge >= 0.3 is 11.9 Å². The Morgan fingerprint density at radius 2 is 1.50 bits per heavy atom. The number of nitrogen functional groups attached to an aromatic ring is 1. The number of hydrogen-bond donors (Lipinski definition) is 4. The monoisotopic (exact) mass is 266 g/mol. The highest BCUT2D eigenvalue weighted by Gasteiger charge is 2.04. The van der Waals surface area contributed by atoms with Crippen molar-refractivity contribution in [1.82, 2.24) is 0 Å². The van der Waals surface area contributed by atoms with Crippen LogP contribution in [0.15, 0.2) is 18.2 Å². The van der Waals surface area contributed by atoms with E-state index in [1.807, 2.05) is 0 Å². The third kappa shape index (κ3) is 4.83. The summed E-state index contributed by atoms with van der Waals surface area (Å²) < 4.78 is 0. The Labute approximate surface area is 101 Å². The van der Waals surface area contributed by atoms with Crippen molar-refractivity contribution in [2.45, 2.75) is 0 Å². The van der Waals surface area contributed by atoms with E-state index >= 15 is 0 Å². The van der Waals surface area contributed by atoms with E-state index in [4.69, 9.17) is 48.8 Å². The van der Waals surface area contributed by atoms with Crippen molar-refractivity contribution in [3.63, 3.8) is 0 Å². The van der Waals surface area contributed by atoms with E-state index in [0.717, 1.165) is 0 Å². The first-order valence-electron chi connectivity index (χ1n) is 3.77. The van der Waals surface area contributed by atoms with E-state index in [1.54, 1.807) is 18.2 Å². The van der Waals surface area contributed by atoms with Gasteiger partial charge < -0.3 is 15.6 Å². The first kappa shape index (κ1) is 14.5. The number of para-hydroxylation sites is 1. The minimum absolute atomic E-state index is 0.523. The Morgan fingerprint density at radius 3 is 1.69 bits per heavy atom. The van der Waals surface area contributed by atoms with Crippen molar-refractivity contribution in [3.8, 4) is 0 Å². The van der Waals surface area contributed by atoms with Crippen molar-refractivity contribution in [3.05, 3.63) is 28.2 Å². The molecule has 16 heavy (non-hydrogen) atoms. The summed E-state index contributed by atoms with van der Waals surface area (Å²) in [5.41, 5.74) is 2.96. The average Bonchev–Trinajstić information content (AvgIpc) is 2.18. The zero-order chi connectivity index (χ0) is 12.7. The van der Waals surface area contributed by atoms with E-state index in [-0.39, 0.29) is 0 Å². The fraction of sp³-hybridized carbons (Fsp3) is 0. The van der Waals surface area contributed by atoms with Gasteiger partial charge in [-0.05, 0) is 12.1 Å². The molecular formula is C8H8Cl2N2O4. The predicted octanol–water partition coefficient (Wildman–Crippen LogP) is 1.43. The minimum atomic E-state index is -1.82. The molecule has 0 atom stereocenters. The Hall–Kier alpha value is -1.50. The van der Waals surface area contributed by atoms with Gasteiger partial charge in [0.25, 0.3) is 0 Å².